The van der Waals surface area contributed by atoms with Crippen LogP contribution in [0.15, 0.2) is 23.1 Å². The zero-order chi connectivity index (χ0) is 15.6. The van der Waals surface area contributed by atoms with E-state index in [9.17, 15) is 22.9 Å². The molecular formula is C12H16FN3O4S. The molecule has 0 saturated carbocycles. The average molecular weight is 317 g/mol. The number of nitrogens with zero attached hydrogens (tertiary/aromatic N) is 2. The molecule has 0 spiro atoms. The molecule has 116 valence electrons. The Hall–Kier alpha value is -1.58. The van der Waals surface area contributed by atoms with Gasteiger partial charge < -0.3 is 5.73 Å². The molecule has 0 aromatic heterocycles. The van der Waals surface area contributed by atoms with E-state index >= 15 is 0 Å². The molecule has 1 aromatic rings. The molecule has 2 rings (SSSR count). The molecule has 0 radical (unpaired) electrons. The van der Waals surface area contributed by atoms with Crippen LogP contribution in [-0.2, 0) is 10.0 Å². The summed E-state index contributed by atoms with van der Waals surface area (Å²) in [6.07, 6.45) is 1.44. The van der Waals surface area contributed by atoms with E-state index in [2.05, 4.69) is 0 Å². The van der Waals surface area contributed by atoms with Crippen LogP contribution in [0, 0.1) is 21.8 Å². The number of nitro benzene ring substituents is 1. The van der Waals surface area contributed by atoms with Crippen molar-refractivity contribution in [2.24, 2.45) is 11.7 Å². The Morgan fingerprint density at radius 2 is 2.19 bits per heavy atom. The molecule has 1 atom stereocenters. The third kappa shape index (κ3) is 3.04. The van der Waals surface area contributed by atoms with Crippen molar-refractivity contribution < 1.29 is 17.7 Å². The summed E-state index contributed by atoms with van der Waals surface area (Å²) in [6.45, 7) is 0.802. The largest absolute Gasteiger partial charge is 0.330 e. The Morgan fingerprint density at radius 3 is 2.81 bits per heavy atom. The van der Waals surface area contributed by atoms with Crippen LogP contribution in [0.5, 0.6) is 0 Å². The van der Waals surface area contributed by atoms with Crippen molar-refractivity contribution in [3.05, 3.63) is 34.1 Å². The summed E-state index contributed by atoms with van der Waals surface area (Å²) in [5.41, 5.74) is 4.55. The molecule has 1 aliphatic heterocycles. The highest BCUT2D eigenvalue weighted by Crippen LogP contribution is 2.31. The molecule has 1 saturated heterocycles. The van der Waals surface area contributed by atoms with E-state index in [1.54, 1.807) is 0 Å². The summed E-state index contributed by atoms with van der Waals surface area (Å²) >= 11 is 0. The van der Waals surface area contributed by atoms with E-state index in [0.29, 0.717) is 13.0 Å². The van der Waals surface area contributed by atoms with E-state index in [4.69, 9.17) is 5.73 Å². The minimum atomic E-state index is -4.11. The fourth-order valence-electron chi connectivity index (χ4n) is 2.46. The lowest BCUT2D eigenvalue weighted by molar-refractivity contribution is -0.390. The van der Waals surface area contributed by atoms with Gasteiger partial charge >= 0.3 is 5.69 Å². The van der Waals surface area contributed by atoms with Gasteiger partial charge in [0, 0.05) is 13.1 Å². The maximum absolute atomic E-state index is 13.6. The van der Waals surface area contributed by atoms with Crippen LogP contribution in [0.2, 0.25) is 0 Å². The summed E-state index contributed by atoms with van der Waals surface area (Å²) in [4.78, 5) is 9.34. The molecule has 0 amide bonds. The van der Waals surface area contributed by atoms with Crippen molar-refractivity contribution >= 4 is 15.7 Å². The first-order chi connectivity index (χ1) is 9.87. The highest BCUT2D eigenvalue weighted by molar-refractivity contribution is 7.89. The highest BCUT2D eigenvalue weighted by atomic mass is 32.2. The zero-order valence-corrected chi connectivity index (χ0v) is 12.1. The van der Waals surface area contributed by atoms with Crippen LogP contribution in [0.4, 0.5) is 10.1 Å². The van der Waals surface area contributed by atoms with Crippen LogP contribution in [0.1, 0.15) is 12.8 Å². The standard InChI is InChI=1S/C12H16FN3O4S/c13-10-4-1-5-11(12(10)16(17)18)21(19,20)15-6-2-3-9(7-14)8-15/h1,4-5,9H,2-3,6-8,14H2. The molecule has 1 fully saturated rings. The van der Waals surface area contributed by atoms with Gasteiger partial charge in [-0.2, -0.15) is 8.70 Å². The predicted molar refractivity (Wildman–Crippen MR) is 73.6 cm³/mol. The van der Waals surface area contributed by atoms with Crippen LogP contribution < -0.4 is 5.73 Å². The number of nitrogens with two attached hydrogens (primary N) is 1. The van der Waals surface area contributed by atoms with Gasteiger partial charge in [0.15, 0.2) is 4.90 Å². The Kier molecular flexibility index (Phi) is 4.55. The lowest BCUT2D eigenvalue weighted by Crippen LogP contribution is -2.42. The summed E-state index contributed by atoms with van der Waals surface area (Å²) in [6, 6.07) is 3.08. The van der Waals surface area contributed by atoms with Gasteiger partial charge in [0.25, 0.3) is 0 Å². The van der Waals surface area contributed by atoms with E-state index in [0.717, 1.165) is 28.9 Å². The second kappa shape index (κ2) is 6.04. The van der Waals surface area contributed by atoms with Gasteiger partial charge in [0.1, 0.15) is 0 Å². The number of hydrogen-bond acceptors (Lipinski definition) is 5. The number of piperidine rings is 1. The van der Waals surface area contributed by atoms with Gasteiger partial charge in [-0.15, -0.1) is 0 Å². The SMILES string of the molecule is NCC1CCCN(S(=O)(=O)c2cccc(F)c2[N+](=O)[O-])C1. The second-order valence-electron chi connectivity index (χ2n) is 4.95. The minimum absolute atomic E-state index is 0.0149. The molecule has 21 heavy (non-hydrogen) atoms. The molecule has 9 heteroatoms. The fourth-order valence-corrected chi connectivity index (χ4v) is 4.18. The predicted octanol–water partition coefficient (Wildman–Crippen LogP) is 1.09. The third-order valence-electron chi connectivity index (χ3n) is 3.57. The van der Waals surface area contributed by atoms with Gasteiger partial charge in [0.05, 0.1) is 4.92 Å². The van der Waals surface area contributed by atoms with Crippen molar-refractivity contribution in [1.82, 2.24) is 4.31 Å². The first-order valence-corrected chi connectivity index (χ1v) is 7.95. The van der Waals surface area contributed by atoms with Gasteiger partial charge in [-0.3, -0.25) is 10.1 Å². The maximum Gasteiger partial charge on any atom is 0.324 e. The lowest BCUT2D eigenvalue weighted by atomic mass is 10.0. The summed E-state index contributed by atoms with van der Waals surface area (Å²) in [5, 5.41) is 11.0. The van der Waals surface area contributed by atoms with Crippen molar-refractivity contribution in [1.29, 1.82) is 0 Å². The summed E-state index contributed by atoms with van der Waals surface area (Å²) in [5.74, 6) is -1.14. The van der Waals surface area contributed by atoms with Crippen molar-refractivity contribution in [2.75, 3.05) is 19.6 Å². The molecule has 1 aliphatic rings. The topological polar surface area (TPSA) is 107 Å². The van der Waals surface area contributed by atoms with Crippen molar-refractivity contribution in [3.63, 3.8) is 0 Å². The van der Waals surface area contributed by atoms with Gasteiger partial charge in [-0.25, -0.2) is 8.42 Å². The van der Waals surface area contributed by atoms with Crippen molar-refractivity contribution in [2.45, 2.75) is 17.7 Å². The van der Waals surface area contributed by atoms with Crippen LogP contribution in [0.3, 0.4) is 0 Å². The average Bonchev–Trinajstić information content (AvgIpc) is 2.46. The second-order valence-corrected chi connectivity index (χ2v) is 6.86. The number of rotatable bonds is 4. The molecule has 0 aliphatic carbocycles. The number of benzene rings is 1. The van der Waals surface area contributed by atoms with Crippen LogP contribution in [-0.4, -0.2) is 37.3 Å². The summed E-state index contributed by atoms with van der Waals surface area (Å²) in [7, 11) is -4.11. The smallest absolute Gasteiger partial charge is 0.324 e. The van der Waals surface area contributed by atoms with E-state index in [1.807, 2.05) is 0 Å². The first-order valence-electron chi connectivity index (χ1n) is 6.51. The number of sulfonamides is 1. The number of halogens is 1. The van der Waals surface area contributed by atoms with E-state index < -0.39 is 31.3 Å². The third-order valence-corrected chi connectivity index (χ3v) is 5.46. The maximum atomic E-state index is 13.6. The Labute approximate surface area is 121 Å². The molecule has 7 nitrogen and oxygen atoms in total. The van der Waals surface area contributed by atoms with Crippen LogP contribution >= 0.6 is 0 Å². The quantitative estimate of drug-likeness (QED) is 0.661. The Bertz CT molecular complexity index is 650. The molecule has 1 aromatic carbocycles. The lowest BCUT2D eigenvalue weighted by Gasteiger charge is -2.31. The normalized spacial score (nSPS) is 20.4. The molecule has 1 unspecified atom stereocenters. The fraction of sp³-hybridized carbons (Fsp3) is 0.500. The molecule has 2 N–H and O–H groups in total. The number of nitro groups is 1. The van der Waals surface area contributed by atoms with Gasteiger partial charge in [0.2, 0.25) is 15.8 Å². The highest BCUT2D eigenvalue weighted by Gasteiger charge is 2.36. The van der Waals surface area contributed by atoms with Gasteiger partial charge in [-0.1, -0.05) is 6.07 Å². The Balaban J connectivity index is 2.45. The van der Waals surface area contributed by atoms with E-state index in [-0.39, 0.29) is 19.0 Å². The monoisotopic (exact) mass is 317 g/mol. The van der Waals surface area contributed by atoms with E-state index in [1.165, 1.54) is 0 Å². The number of para-hydroxylation sites is 1. The number of hydrogen-bond donors (Lipinski definition) is 1. The minimum Gasteiger partial charge on any atom is -0.330 e. The summed E-state index contributed by atoms with van der Waals surface area (Å²) < 4.78 is 39.8. The van der Waals surface area contributed by atoms with Crippen molar-refractivity contribution in [3.8, 4) is 0 Å². The first kappa shape index (κ1) is 15.8. The Morgan fingerprint density at radius 1 is 1.48 bits per heavy atom. The zero-order valence-electron chi connectivity index (χ0n) is 11.2. The molecular weight excluding hydrogens is 301 g/mol. The molecule has 1 heterocycles. The van der Waals surface area contributed by atoms with Crippen LogP contribution in [0.25, 0.3) is 0 Å². The van der Waals surface area contributed by atoms with Gasteiger partial charge in [-0.05, 0) is 37.4 Å². The molecule has 0 bridgehead atoms.